The quantitative estimate of drug-likeness (QED) is 0.859. The number of aliphatic carboxylic acids is 1. The van der Waals surface area contributed by atoms with Crippen molar-refractivity contribution < 1.29 is 23.8 Å². The minimum Gasteiger partial charge on any atom is -0.480 e. The molecule has 1 atom stereocenters. The van der Waals surface area contributed by atoms with Crippen LogP contribution in [0.15, 0.2) is 27.1 Å². The van der Waals surface area contributed by atoms with Gasteiger partial charge in [-0.1, -0.05) is 15.9 Å². The number of benzene rings is 1. The average Bonchev–Trinajstić information content (AvgIpc) is 2.75. The molecule has 0 spiro atoms. The van der Waals surface area contributed by atoms with Gasteiger partial charge in [-0.3, -0.25) is 4.79 Å². The van der Waals surface area contributed by atoms with Crippen molar-refractivity contribution >= 4 is 38.8 Å². The van der Waals surface area contributed by atoms with Gasteiger partial charge in [-0.25, -0.2) is 4.79 Å². The van der Waals surface area contributed by atoms with Crippen molar-refractivity contribution in [1.82, 2.24) is 5.32 Å². The van der Waals surface area contributed by atoms with E-state index in [-0.39, 0.29) is 12.4 Å². The zero-order valence-electron chi connectivity index (χ0n) is 11.5. The van der Waals surface area contributed by atoms with Gasteiger partial charge in [-0.05, 0) is 25.1 Å². The lowest BCUT2D eigenvalue weighted by Crippen LogP contribution is -2.43. The highest BCUT2D eigenvalue weighted by molar-refractivity contribution is 9.10. The first kappa shape index (κ1) is 15.5. The van der Waals surface area contributed by atoms with Gasteiger partial charge in [0.1, 0.15) is 5.58 Å². The Kier molecular flexibility index (Phi) is 4.64. The maximum atomic E-state index is 12.2. The highest BCUT2D eigenvalue weighted by Gasteiger charge is 2.24. The van der Waals surface area contributed by atoms with Crippen LogP contribution in [0.3, 0.4) is 0 Å². The number of fused-ring (bicyclic) bond motifs is 1. The van der Waals surface area contributed by atoms with Gasteiger partial charge >= 0.3 is 5.97 Å². The number of nitrogens with one attached hydrogen (secondary N) is 1. The van der Waals surface area contributed by atoms with E-state index in [9.17, 15) is 9.59 Å². The molecule has 1 heterocycles. The van der Waals surface area contributed by atoms with Crippen LogP contribution in [-0.2, 0) is 9.53 Å². The van der Waals surface area contributed by atoms with E-state index in [2.05, 4.69) is 21.2 Å². The monoisotopic (exact) mass is 355 g/mol. The molecule has 21 heavy (non-hydrogen) atoms. The summed E-state index contributed by atoms with van der Waals surface area (Å²) in [5.41, 5.74) is 1.23. The van der Waals surface area contributed by atoms with Crippen molar-refractivity contribution in [3.05, 3.63) is 34.0 Å². The number of rotatable bonds is 5. The van der Waals surface area contributed by atoms with Gasteiger partial charge < -0.3 is 19.6 Å². The number of amides is 1. The zero-order chi connectivity index (χ0) is 15.6. The van der Waals surface area contributed by atoms with E-state index in [4.69, 9.17) is 14.3 Å². The summed E-state index contributed by atoms with van der Waals surface area (Å²) in [6.07, 6.45) is 0. The maximum absolute atomic E-state index is 12.2. The van der Waals surface area contributed by atoms with Crippen LogP contribution in [0.2, 0.25) is 0 Å². The molecule has 0 aliphatic rings. The molecule has 0 saturated carbocycles. The fourth-order valence-corrected chi connectivity index (χ4v) is 2.34. The van der Waals surface area contributed by atoms with Crippen molar-refractivity contribution in [3.63, 3.8) is 0 Å². The number of carboxylic acids is 1. The van der Waals surface area contributed by atoms with Crippen molar-refractivity contribution in [1.29, 1.82) is 0 Å². The number of methoxy groups -OCH3 is 1. The highest BCUT2D eigenvalue weighted by Crippen LogP contribution is 2.28. The second-order valence-corrected chi connectivity index (χ2v) is 5.43. The van der Waals surface area contributed by atoms with Crippen LogP contribution in [0.5, 0.6) is 0 Å². The number of furan rings is 1. The van der Waals surface area contributed by atoms with Crippen LogP contribution >= 0.6 is 15.9 Å². The molecule has 2 rings (SSSR count). The predicted molar refractivity (Wildman–Crippen MR) is 79.4 cm³/mol. The number of carboxylic acid groups (broad SMARTS) is 1. The molecule has 0 aliphatic heterocycles. The highest BCUT2D eigenvalue weighted by atomic mass is 79.9. The maximum Gasteiger partial charge on any atom is 0.328 e. The third-order valence-corrected chi connectivity index (χ3v) is 3.53. The molecule has 7 heteroatoms. The first-order valence-electron chi connectivity index (χ1n) is 6.15. The number of carbonyl (C=O) groups is 2. The summed E-state index contributed by atoms with van der Waals surface area (Å²) in [6.45, 7) is 1.63. The van der Waals surface area contributed by atoms with Crippen molar-refractivity contribution in [2.45, 2.75) is 13.0 Å². The Balaban J connectivity index is 2.31. The van der Waals surface area contributed by atoms with Crippen LogP contribution in [0.4, 0.5) is 0 Å². The van der Waals surface area contributed by atoms with Gasteiger partial charge in [0, 0.05) is 22.5 Å². The normalized spacial score (nSPS) is 12.3. The van der Waals surface area contributed by atoms with E-state index in [1.165, 1.54) is 7.11 Å². The predicted octanol–water partition coefficient (Wildman–Crippen LogP) is 2.33. The lowest BCUT2D eigenvalue weighted by atomic mass is 10.1. The molecule has 2 N–H and O–H groups in total. The van der Waals surface area contributed by atoms with Gasteiger partial charge in [0.2, 0.25) is 0 Å². The summed E-state index contributed by atoms with van der Waals surface area (Å²) in [7, 11) is 1.37. The molecule has 0 saturated heterocycles. The average molecular weight is 356 g/mol. The number of ether oxygens (including phenoxy) is 1. The zero-order valence-corrected chi connectivity index (χ0v) is 13.1. The second kappa shape index (κ2) is 6.28. The molecule has 1 aromatic heterocycles. The molecular formula is C14H14BrNO5. The molecular weight excluding hydrogens is 342 g/mol. The summed E-state index contributed by atoms with van der Waals surface area (Å²) in [5, 5.41) is 12.2. The van der Waals surface area contributed by atoms with Crippen LogP contribution in [0, 0.1) is 6.92 Å². The standard InChI is InChI=1S/C14H14BrNO5/c1-7-9-5-8(15)3-4-11(9)21-12(7)13(17)16-10(6-20-2)14(18)19/h3-5,10H,6H2,1-2H3,(H,16,17)(H,18,19). The first-order chi connectivity index (χ1) is 9.93. The van der Waals surface area contributed by atoms with E-state index in [1.54, 1.807) is 19.1 Å². The van der Waals surface area contributed by atoms with Gasteiger partial charge in [0.15, 0.2) is 11.8 Å². The van der Waals surface area contributed by atoms with Crippen molar-refractivity contribution in [2.24, 2.45) is 0 Å². The molecule has 2 aromatic rings. The summed E-state index contributed by atoms with van der Waals surface area (Å²) in [4.78, 5) is 23.2. The second-order valence-electron chi connectivity index (χ2n) is 4.52. The topological polar surface area (TPSA) is 88.8 Å². The minimum absolute atomic E-state index is 0.102. The Hall–Kier alpha value is -1.86. The first-order valence-corrected chi connectivity index (χ1v) is 6.94. The summed E-state index contributed by atoms with van der Waals surface area (Å²) in [5.74, 6) is -1.64. The molecule has 1 amide bonds. The lowest BCUT2D eigenvalue weighted by Gasteiger charge is -2.12. The lowest BCUT2D eigenvalue weighted by molar-refractivity contribution is -0.140. The fourth-order valence-electron chi connectivity index (χ4n) is 1.97. The van der Waals surface area contributed by atoms with E-state index in [0.717, 1.165) is 9.86 Å². The summed E-state index contributed by atoms with van der Waals surface area (Å²) in [6, 6.07) is 4.27. The number of halogens is 1. The largest absolute Gasteiger partial charge is 0.480 e. The van der Waals surface area contributed by atoms with Gasteiger partial charge in [0.25, 0.3) is 5.91 Å². The number of hydrogen-bond acceptors (Lipinski definition) is 4. The van der Waals surface area contributed by atoms with Crippen molar-refractivity contribution in [2.75, 3.05) is 13.7 Å². The number of aryl methyl sites for hydroxylation is 1. The van der Waals surface area contributed by atoms with Crippen LogP contribution < -0.4 is 5.32 Å². The number of hydrogen-bond donors (Lipinski definition) is 2. The summed E-state index contributed by atoms with van der Waals surface area (Å²) >= 11 is 3.36. The molecule has 0 radical (unpaired) electrons. The Morgan fingerprint density at radius 1 is 1.48 bits per heavy atom. The van der Waals surface area contributed by atoms with Crippen LogP contribution in [-0.4, -0.2) is 36.7 Å². The third-order valence-electron chi connectivity index (χ3n) is 3.04. The van der Waals surface area contributed by atoms with Crippen molar-refractivity contribution in [3.8, 4) is 0 Å². The molecule has 0 aliphatic carbocycles. The van der Waals surface area contributed by atoms with Gasteiger partial charge in [-0.15, -0.1) is 0 Å². The molecule has 0 bridgehead atoms. The Morgan fingerprint density at radius 2 is 2.19 bits per heavy atom. The van der Waals surface area contributed by atoms with E-state index in [0.29, 0.717) is 11.1 Å². The third kappa shape index (κ3) is 3.25. The fraction of sp³-hybridized carbons (Fsp3) is 0.286. The van der Waals surface area contributed by atoms with Gasteiger partial charge in [0.05, 0.1) is 6.61 Å². The molecule has 1 unspecified atom stereocenters. The summed E-state index contributed by atoms with van der Waals surface area (Å²) < 4.78 is 11.2. The molecule has 112 valence electrons. The van der Waals surface area contributed by atoms with E-state index >= 15 is 0 Å². The Bertz CT molecular complexity index is 694. The van der Waals surface area contributed by atoms with Crippen LogP contribution in [0.1, 0.15) is 16.1 Å². The molecule has 1 aromatic carbocycles. The minimum atomic E-state index is -1.17. The Morgan fingerprint density at radius 3 is 2.81 bits per heavy atom. The van der Waals surface area contributed by atoms with Gasteiger partial charge in [-0.2, -0.15) is 0 Å². The molecule has 6 nitrogen and oxygen atoms in total. The van der Waals surface area contributed by atoms with E-state index in [1.807, 2.05) is 6.07 Å². The SMILES string of the molecule is COCC(NC(=O)c1oc2ccc(Br)cc2c1C)C(=O)O. The van der Waals surface area contributed by atoms with E-state index < -0.39 is 17.9 Å². The molecule has 0 fully saturated rings. The smallest absolute Gasteiger partial charge is 0.328 e. The Labute approximate surface area is 129 Å². The number of carbonyl (C=O) groups excluding carboxylic acids is 1. The van der Waals surface area contributed by atoms with Crippen LogP contribution in [0.25, 0.3) is 11.0 Å².